The first-order valence-electron chi connectivity index (χ1n) is 12.6. The van der Waals surface area contributed by atoms with Crippen LogP contribution in [-0.2, 0) is 32.8 Å². The zero-order valence-electron chi connectivity index (χ0n) is 22.3. The predicted octanol–water partition coefficient (Wildman–Crippen LogP) is 4.63. The quantitative estimate of drug-likeness (QED) is 0.323. The highest BCUT2D eigenvalue weighted by Crippen LogP contribution is 2.23. The number of hydrogen-bond donors (Lipinski definition) is 1. The van der Waals surface area contributed by atoms with Crippen molar-refractivity contribution in [1.29, 1.82) is 0 Å². The summed E-state index contributed by atoms with van der Waals surface area (Å²) in [7, 11) is -3.83. The van der Waals surface area contributed by atoms with E-state index in [0.717, 1.165) is 28.1 Å². The molecule has 0 aromatic heterocycles. The van der Waals surface area contributed by atoms with E-state index in [1.807, 2.05) is 37.3 Å². The standard InChI is InChI=1S/C29H34ClN3O5S/c1-4-18-31-29(35)22(2)32(19-23-10-12-25(30)13-11-23)28(34)20-33(39(3,36)37)26-14-16-27(17-15-26)38-21-24-8-6-5-7-9-24/h5-17,22H,4,18-21H2,1-3H3,(H,31,35)/t22-/m1/s1. The Balaban J connectivity index is 1.80. The van der Waals surface area contributed by atoms with Crippen molar-refractivity contribution in [3.63, 3.8) is 0 Å². The summed E-state index contributed by atoms with van der Waals surface area (Å²) >= 11 is 6.00. The maximum atomic E-state index is 13.6. The number of ether oxygens (including phenoxy) is 1. The van der Waals surface area contributed by atoms with Gasteiger partial charge in [0.1, 0.15) is 24.9 Å². The highest BCUT2D eigenvalue weighted by molar-refractivity contribution is 7.92. The van der Waals surface area contributed by atoms with Gasteiger partial charge in [-0.3, -0.25) is 13.9 Å². The van der Waals surface area contributed by atoms with Crippen molar-refractivity contribution >= 4 is 39.1 Å². The Morgan fingerprint density at radius 3 is 2.18 bits per heavy atom. The second kappa shape index (κ2) is 14.0. The van der Waals surface area contributed by atoms with Gasteiger partial charge >= 0.3 is 0 Å². The van der Waals surface area contributed by atoms with Gasteiger partial charge in [0, 0.05) is 18.1 Å². The van der Waals surface area contributed by atoms with Crippen molar-refractivity contribution in [3.05, 3.63) is 95.0 Å². The zero-order valence-corrected chi connectivity index (χ0v) is 23.9. The summed E-state index contributed by atoms with van der Waals surface area (Å²) in [4.78, 5) is 27.7. The van der Waals surface area contributed by atoms with Crippen LogP contribution in [0.25, 0.3) is 0 Å². The van der Waals surface area contributed by atoms with Crippen LogP contribution in [0.4, 0.5) is 5.69 Å². The molecule has 8 nitrogen and oxygen atoms in total. The van der Waals surface area contributed by atoms with Gasteiger partial charge < -0.3 is 15.0 Å². The van der Waals surface area contributed by atoms with Crippen LogP contribution < -0.4 is 14.4 Å². The number of halogens is 1. The minimum Gasteiger partial charge on any atom is -0.489 e. The number of carbonyl (C=O) groups is 2. The van der Waals surface area contributed by atoms with Gasteiger partial charge in [-0.05, 0) is 60.9 Å². The Bertz CT molecular complexity index is 1330. The van der Waals surface area contributed by atoms with E-state index in [-0.39, 0.29) is 12.5 Å². The van der Waals surface area contributed by atoms with Gasteiger partial charge in [0.05, 0.1) is 11.9 Å². The lowest BCUT2D eigenvalue weighted by molar-refractivity contribution is -0.139. The maximum absolute atomic E-state index is 13.6. The molecule has 3 aromatic rings. The predicted molar refractivity (Wildman–Crippen MR) is 154 cm³/mol. The molecule has 3 aromatic carbocycles. The minimum atomic E-state index is -3.83. The van der Waals surface area contributed by atoms with E-state index in [0.29, 0.717) is 29.6 Å². The van der Waals surface area contributed by atoms with Crippen LogP contribution in [0.5, 0.6) is 5.75 Å². The molecule has 0 bridgehead atoms. The fourth-order valence-corrected chi connectivity index (χ4v) is 4.80. The number of carbonyl (C=O) groups excluding carboxylic acids is 2. The summed E-state index contributed by atoms with van der Waals surface area (Å²) in [6.45, 7) is 4.04. The van der Waals surface area contributed by atoms with Crippen LogP contribution in [0.2, 0.25) is 5.02 Å². The molecule has 2 amide bonds. The fourth-order valence-electron chi connectivity index (χ4n) is 3.83. The van der Waals surface area contributed by atoms with Gasteiger partial charge in [0.25, 0.3) is 0 Å². The van der Waals surface area contributed by atoms with Crippen LogP contribution in [0.15, 0.2) is 78.9 Å². The van der Waals surface area contributed by atoms with Crippen molar-refractivity contribution in [2.45, 2.75) is 39.5 Å². The first kappa shape index (κ1) is 30.0. The molecule has 0 fully saturated rings. The topological polar surface area (TPSA) is 96.0 Å². The minimum absolute atomic E-state index is 0.112. The molecular formula is C29H34ClN3O5S. The molecule has 0 aliphatic heterocycles. The van der Waals surface area contributed by atoms with E-state index in [4.69, 9.17) is 16.3 Å². The maximum Gasteiger partial charge on any atom is 0.244 e. The smallest absolute Gasteiger partial charge is 0.244 e. The number of rotatable bonds is 13. The van der Waals surface area contributed by atoms with Gasteiger partial charge in [-0.15, -0.1) is 0 Å². The molecular weight excluding hydrogens is 538 g/mol. The number of nitrogens with one attached hydrogen (secondary N) is 1. The van der Waals surface area contributed by atoms with Crippen LogP contribution in [0.1, 0.15) is 31.4 Å². The summed E-state index contributed by atoms with van der Waals surface area (Å²) in [6.07, 6.45) is 1.79. The van der Waals surface area contributed by atoms with Gasteiger partial charge in [-0.2, -0.15) is 0 Å². The Kier molecular flexibility index (Phi) is 10.8. The van der Waals surface area contributed by atoms with E-state index >= 15 is 0 Å². The molecule has 0 heterocycles. The summed E-state index contributed by atoms with van der Waals surface area (Å²) < 4.78 is 32.3. The Hall–Kier alpha value is -3.56. The van der Waals surface area contributed by atoms with E-state index in [1.165, 1.54) is 4.90 Å². The Labute approximate surface area is 235 Å². The number of sulfonamides is 1. The van der Waals surface area contributed by atoms with Crippen molar-refractivity contribution in [1.82, 2.24) is 10.2 Å². The molecule has 0 unspecified atom stereocenters. The van der Waals surface area contributed by atoms with Crippen molar-refractivity contribution in [2.24, 2.45) is 0 Å². The second-order valence-electron chi connectivity index (χ2n) is 9.15. The van der Waals surface area contributed by atoms with Gasteiger partial charge in [-0.25, -0.2) is 8.42 Å². The summed E-state index contributed by atoms with van der Waals surface area (Å²) in [5, 5.41) is 3.35. The third kappa shape index (κ3) is 9.01. The van der Waals surface area contributed by atoms with Gasteiger partial charge in [0.2, 0.25) is 21.8 Å². The van der Waals surface area contributed by atoms with E-state index < -0.39 is 28.5 Å². The Morgan fingerprint density at radius 1 is 0.949 bits per heavy atom. The molecule has 1 atom stereocenters. The molecule has 0 saturated carbocycles. The third-order valence-electron chi connectivity index (χ3n) is 6.03. The molecule has 39 heavy (non-hydrogen) atoms. The monoisotopic (exact) mass is 571 g/mol. The average Bonchev–Trinajstić information content (AvgIpc) is 2.93. The van der Waals surface area contributed by atoms with E-state index in [2.05, 4.69) is 5.32 Å². The molecule has 0 radical (unpaired) electrons. The number of benzene rings is 3. The molecule has 0 spiro atoms. The van der Waals surface area contributed by atoms with Gasteiger partial charge in [0.15, 0.2) is 0 Å². The lowest BCUT2D eigenvalue weighted by atomic mass is 10.1. The largest absolute Gasteiger partial charge is 0.489 e. The lowest BCUT2D eigenvalue weighted by Gasteiger charge is -2.31. The number of hydrogen-bond acceptors (Lipinski definition) is 5. The molecule has 0 aliphatic carbocycles. The molecule has 208 valence electrons. The van der Waals surface area contributed by atoms with Crippen LogP contribution >= 0.6 is 11.6 Å². The Morgan fingerprint density at radius 2 is 1.59 bits per heavy atom. The molecule has 0 saturated heterocycles. The highest BCUT2D eigenvalue weighted by atomic mass is 35.5. The molecule has 3 rings (SSSR count). The molecule has 0 aliphatic rings. The van der Waals surface area contributed by atoms with Gasteiger partial charge in [-0.1, -0.05) is 61.0 Å². The summed E-state index contributed by atoms with van der Waals surface area (Å²) in [5.41, 5.74) is 2.07. The lowest BCUT2D eigenvalue weighted by Crippen LogP contribution is -2.51. The van der Waals surface area contributed by atoms with E-state index in [1.54, 1.807) is 55.5 Å². The number of anilines is 1. The third-order valence-corrected chi connectivity index (χ3v) is 7.43. The fraction of sp³-hybridized carbons (Fsp3) is 0.310. The normalized spacial score (nSPS) is 11.9. The highest BCUT2D eigenvalue weighted by Gasteiger charge is 2.30. The first-order valence-corrected chi connectivity index (χ1v) is 14.9. The summed E-state index contributed by atoms with van der Waals surface area (Å²) in [6, 6.07) is 22.3. The van der Waals surface area contributed by atoms with Crippen molar-refractivity contribution < 1.29 is 22.7 Å². The molecule has 10 heteroatoms. The van der Waals surface area contributed by atoms with Crippen LogP contribution in [0, 0.1) is 0 Å². The van der Waals surface area contributed by atoms with E-state index in [9.17, 15) is 18.0 Å². The van der Waals surface area contributed by atoms with Crippen molar-refractivity contribution in [2.75, 3.05) is 23.7 Å². The van der Waals surface area contributed by atoms with Crippen LogP contribution in [0.3, 0.4) is 0 Å². The van der Waals surface area contributed by atoms with Crippen molar-refractivity contribution in [3.8, 4) is 5.75 Å². The average molecular weight is 572 g/mol. The second-order valence-corrected chi connectivity index (χ2v) is 11.5. The molecule has 1 N–H and O–H groups in total. The first-order chi connectivity index (χ1) is 18.6. The number of nitrogens with zero attached hydrogens (tertiary/aromatic N) is 2. The number of amides is 2. The van der Waals surface area contributed by atoms with Crippen LogP contribution in [-0.4, -0.2) is 50.5 Å². The zero-order chi connectivity index (χ0) is 28.4. The SMILES string of the molecule is CCCNC(=O)[C@@H](C)N(Cc1ccc(Cl)cc1)C(=O)CN(c1ccc(OCc2ccccc2)cc1)S(C)(=O)=O. The summed E-state index contributed by atoms with van der Waals surface area (Å²) in [5.74, 6) is -0.267.